The lowest BCUT2D eigenvalue weighted by Gasteiger charge is -2.21. The van der Waals surface area contributed by atoms with E-state index in [2.05, 4.69) is 17.2 Å². The van der Waals surface area contributed by atoms with Crippen molar-refractivity contribution in [3.63, 3.8) is 0 Å². The molecule has 2 rings (SSSR count). The number of nitrogens with zero attached hydrogens (tertiary/aromatic N) is 1. The molecule has 5 heteroatoms. The van der Waals surface area contributed by atoms with E-state index >= 15 is 0 Å². The third-order valence-corrected chi connectivity index (χ3v) is 4.10. The Morgan fingerprint density at radius 3 is 2.65 bits per heavy atom. The van der Waals surface area contributed by atoms with Gasteiger partial charge >= 0.3 is 6.09 Å². The molecule has 1 saturated carbocycles. The van der Waals surface area contributed by atoms with Crippen LogP contribution in [0.3, 0.4) is 0 Å². The average Bonchev–Trinajstić information content (AvgIpc) is 3.06. The number of benzene rings is 1. The van der Waals surface area contributed by atoms with E-state index in [0.29, 0.717) is 17.0 Å². The SMILES string of the molecule is CC(C)(C)OC(=O)NC(C#N)Cc1ccc(C#CC2CCCC2)cc1F. The second-order valence-electron chi connectivity index (χ2n) is 7.59. The van der Waals surface area contributed by atoms with Crippen LogP contribution in [0, 0.1) is 34.9 Å². The number of nitrogens with one attached hydrogen (secondary N) is 1. The van der Waals surface area contributed by atoms with Gasteiger partial charge in [0.15, 0.2) is 0 Å². The minimum atomic E-state index is -0.866. The first-order chi connectivity index (χ1) is 12.3. The molecule has 0 aliphatic heterocycles. The van der Waals surface area contributed by atoms with Gasteiger partial charge in [-0.2, -0.15) is 5.26 Å². The Bertz CT molecular complexity index is 744. The largest absolute Gasteiger partial charge is 0.444 e. The van der Waals surface area contributed by atoms with Gasteiger partial charge in [-0.05, 0) is 51.3 Å². The van der Waals surface area contributed by atoms with Crippen LogP contribution in [0.15, 0.2) is 18.2 Å². The van der Waals surface area contributed by atoms with E-state index in [1.165, 1.54) is 18.9 Å². The number of hydrogen-bond donors (Lipinski definition) is 1. The monoisotopic (exact) mass is 356 g/mol. The molecule has 1 aromatic carbocycles. The van der Waals surface area contributed by atoms with E-state index in [9.17, 15) is 14.4 Å². The van der Waals surface area contributed by atoms with Crippen LogP contribution in [0.2, 0.25) is 0 Å². The number of carbonyl (C=O) groups is 1. The van der Waals surface area contributed by atoms with Crippen LogP contribution in [0.5, 0.6) is 0 Å². The molecule has 0 saturated heterocycles. The predicted octanol–water partition coefficient (Wildman–Crippen LogP) is 4.33. The van der Waals surface area contributed by atoms with E-state index in [0.717, 1.165) is 12.8 Å². The first kappa shape index (κ1) is 19.8. The second kappa shape index (κ2) is 8.72. The van der Waals surface area contributed by atoms with Crippen molar-refractivity contribution in [1.82, 2.24) is 5.32 Å². The van der Waals surface area contributed by atoms with Crippen molar-refractivity contribution in [2.75, 3.05) is 0 Å². The van der Waals surface area contributed by atoms with Crippen LogP contribution in [0.1, 0.15) is 57.6 Å². The Hall–Kier alpha value is -2.53. The number of amides is 1. The van der Waals surface area contributed by atoms with Crippen molar-refractivity contribution in [3.8, 4) is 17.9 Å². The van der Waals surface area contributed by atoms with Crippen LogP contribution < -0.4 is 5.32 Å². The third kappa shape index (κ3) is 6.41. The summed E-state index contributed by atoms with van der Waals surface area (Å²) >= 11 is 0. The highest BCUT2D eigenvalue weighted by molar-refractivity contribution is 5.68. The van der Waals surface area contributed by atoms with Crippen LogP contribution >= 0.6 is 0 Å². The van der Waals surface area contributed by atoms with Crippen LogP contribution in [0.25, 0.3) is 0 Å². The zero-order valence-corrected chi connectivity index (χ0v) is 15.6. The van der Waals surface area contributed by atoms with Crippen molar-refractivity contribution in [1.29, 1.82) is 5.26 Å². The molecular formula is C21H25FN2O2. The van der Waals surface area contributed by atoms with Gasteiger partial charge in [0.25, 0.3) is 0 Å². The Morgan fingerprint density at radius 2 is 2.08 bits per heavy atom. The first-order valence-electron chi connectivity index (χ1n) is 8.96. The lowest BCUT2D eigenvalue weighted by atomic mass is 10.0. The van der Waals surface area contributed by atoms with Crippen LogP contribution in [0.4, 0.5) is 9.18 Å². The molecule has 1 fully saturated rings. The molecule has 0 heterocycles. The maximum atomic E-state index is 14.3. The van der Waals surface area contributed by atoms with Crippen LogP contribution in [-0.2, 0) is 11.2 Å². The molecular weight excluding hydrogens is 331 g/mol. The molecule has 1 unspecified atom stereocenters. The lowest BCUT2D eigenvalue weighted by Crippen LogP contribution is -2.39. The standard InChI is InChI=1S/C21H25FN2O2/c1-21(2,3)26-20(25)24-18(14-23)13-17-11-10-16(12-19(17)22)9-8-15-6-4-5-7-15/h10-12,15,18H,4-7,13H2,1-3H3,(H,24,25). The van der Waals surface area contributed by atoms with E-state index in [-0.39, 0.29) is 6.42 Å². The molecule has 4 nitrogen and oxygen atoms in total. The van der Waals surface area contributed by atoms with Crippen molar-refractivity contribution in [3.05, 3.63) is 35.1 Å². The number of halogens is 1. The highest BCUT2D eigenvalue weighted by Crippen LogP contribution is 2.23. The Balaban J connectivity index is 1.99. The normalized spacial score (nSPS) is 15.5. The second-order valence-corrected chi connectivity index (χ2v) is 7.59. The van der Waals surface area contributed by atoms with Gasteiger partial charge in [0.2, 0.25) is 0 Å². The summed E-state index contributed by atoms with van der Waals surface area (Å²) in [7, 11) is 0. The maximum Gasteiger partial charge on any atom is 0.408 e. The number of hydrogen-bond acceptors (Lipinski definition) is 3. The number of rotatable bonds is 3. The third-order valence-electron chi connectivity index (χ3n) is 4.10. The zero-order valence-electron chi connectivity index (χ0n) is 15.6. The summed E-state index contributed by atoms with van der Waals surface area (Å²) in [6.45, 7) is 5.21. The number of carbonyl (C=O) groups excluding carboxylic acids is 1. The van der Waals surface area contributed by atoms with Crippen molar-refractivity contribution < 1.29 is 13.9 Å². The molecule has 1 atom stereocenters. The molecule has 0 spiro atoms. The molecule has 1 aromatic rings. The van der Waals surface area contributed by atoms with Gasteiger partial charge in [-0.3, -0.25) is 0 Å². The molecule has 26 heavy (non-hydrogen) atoms. The van der Waals surface area contributed by atoms with Crippen molar-refractivity contribution in [2.45, 2.75) is 64.5 Å². The fraction of sp³-hybridized carbons (Fsp3) is 0.524. The van der Waals surface area contributed by atoms with E-state index < -0.39 is 23.6 Å². The van der Waals surface area contributed by atoms with E-state index in [1.807, 2.05) is 6.07 Å². The number of ether oxygens (including phenoxy) is 1. The first-order valence-corrected chi connectivity index (χ1v) is 8.96. The summed E-state index contributed by atoms with van der Waals surface area (Å²) in [6.07, 6.45) is 4.04. The molecule has 0 aromatic heterocycles. The molecule has 1 aliphatic carbocycles. The molecule has 1 N–H and O–H groups in total. The fourth-order valence-corrected chi connectivity index (χ4v) is 2.84. The predicted molar refractivity (Wildman–Crippen MR) is 97.7 cm³/mol. The Labute approximate surface area is 154 Å². The summed E-state index contributed by atoms with van der Waals surface area (Å²) < 4.78 is 19.5. The summed E-state index contributed by atoms with van der Waals surface area (Å²) in [5, 5.41) is 11.7. The van der Waals surface area contributed by atoms with Gasteiger partial charge in [-0.25, -0.2) is 9.18 Å². The van der Waals surface area contributed by atoms with Crippen molar-refractivity contribution in [2.24, 2.45) is 5.92 Å². The number of nitriles is 1. The van der Waals surface area contributed by atoms with E-state index in [4.69, 9.17) is 4.74 Å². The lowest BCUT2D eigenvalue weighted by molar-refractivity contribution is 0.0515. The molecule has 138 valence electrons. The quantitative estimate of drug-likeness (QED) is 0.820. The average molecular weight is 356 g/mol. The van der Waals surface area contributed by atoms with Crippen molar-refractivity contribution >= 4 is 6.09 Å². The Morgan fingerprint density at radius 1 is 1.38 bits per heavy atom. The highest BCUT2D eigenvalue weighted by atomic mass is 19.1. The Kier molecular flexibility index (Phi) is 6.64. The summed E-state index contributed by atoms with van der Waals surface area (Å²) in [4.78, 5) is 11.8. The number of alkyl carbamates (subject to hydrolysis) is 1. The highest BCUT2D eigenvalue weighted by Gasteiger charge is 2.20. The molecule has 1 aliphatic rings. The summed E-state index contributed by atoms with van der Waals surface area (Å²) in [5.41, 5.74) is 0.334. The smallest absolute Gasteiger partial charge is 0.408 e. The zero-order chi connectivity index (χ0) is 19.2. The van der Waals surface area contributed by atoms with Gasteiger partial charge < -0.3 is 10.1 Å². The van der Waals surface area contributed by atoms with E-state index in [1.54, 1.807) is 32.9 Å². The van der Waals surface area contributed by atoms with Gasteiger partial charge in [0.1, 0.15) is 17.5 Å². The van der Waals surface area contributed by atoms with Gasteiger partial charge in [0.05, 0.1) is 6.07 Å². The minimum Gasteiger partial charge on any atom is -0.444 e. The van der Waals surface area contributed by atoms with Crippen LogP contribution in [-0.4, -0.2) is 17.7 Å². The molecule has 1 amide bonds. The maximum absolute atomic E-state index is 14.3. The summed E-state index contributed by atoms with van der Waals surface area (Å²) in [5.74, 6) is 6.23. The summed E-state index contributed by atoms with van der Waals surface area (Å²) in [6, 6.07) is 5.86. The fourth-order valence-electron chi connectivity index (χ4n) is 2.84. The van der Waals surface area contributed by atoms with Gasteiger partial charge in [-0.15, -0.1) is 0 Å². The topological polar surface area (TPSA) is 62.1 Å². The molecule has 0 bridgehead atoms. The minimum absolute atomic E-state index is 0.0674. The van der Waals surface area contributed by atoms with Gasteiger partial charge in [0, 0.05) is 17.9 Å². The van der Waals surface area contributed by atoms with Gasteiger partial charge in [-0.1, -0.05) is 30.7 Å². The molecule has 0 radical (unpaired) electrons.